The number of benzene rings is 1. The molecule has 29 heavy (non-hydrogen) atoms. The van der Waals surface area contributed by atoms with Gasteiger partial charge < -0.3 is 23.7 Å². The zero-order valence-electron chi connectivity index (χ0n) is 17.1. The number of hydrogen-bond acceptors (Lipinski definition) is 7. The van der Waals surface area contributed by atoms with Crippen molar-refractivity contribution in [3.8, 4) is 6.07 Å². The number of ether oxygens (including phenoxy) is 5. The summed E-state index contributed by atoms with van der Waals surface area (Å²) in [6, 6.07) is 11.1. The lowest BCUT2D eigenvalue weighted by Crippen LogP contribution is -2.54. The van der Waals surface area contributed by atoms with Crippen LogP contribution in [0.25, 0.3) is 6.08 Å². The van der Waals surface area contributed by atoms with Crippen LogP contribution in [0.3, 0.4) is 0 Å². The Morgan fingerprint density at radius 3 is 2.34 bits per heavy atom. The van der Waals surface area contributed by atoms with Crippen molar-refractivity contribution in [2.24, 2.45) is 10.8 Å². The van der Waals surface area contributed by atoms with Gasteiger partial charge in [-0.05, 0) is 18.6 Å². The van der Waals surface area contributed by atoms with Crippen LogP contribution in [0.5, 0.6) is 0 Å². The van der Waals surface area contributed by atoms with E-state index in [4.69, 9.17) is 23.7 Å². The summed E-state index contributed by atoms with van der Waals surface area (Å²) in [5.41, 5.74) is -0.186. The number of esters is 1. The van der Waals surface area contributed by atoms with Crippen molar-refractivity contribution in [3.63, 3.8) is 0 Å². The molecule has 0 aromatic heterocycles. The zero-order valence-corrected chi connectivity index (χ0v) is 17.1. The molecule has 2 saturated heterocycles. The van der Waals surface area contributed by atoms with Gasteiger partial charge in [-0.1, -0.05) is 44.2 Å². The van der Waals surface area contributed by atoms with Crippen LogP contribution < -0.4 is 0 Å². The zero-order chi connectivity index (χ0) is 20.9. The van der Waals surface area contributed by atoms with Gasteiger partial charge in [0, 0.05) is 5.41 Å². The van der Waals surface area contributed by atoms with Crippen molar-refractivity contribution in [2.75, 3.05) is 33.0 Å². The first-order chi connectivity index (χ1) is 13.8. The van der Waals surface area contributed by atoms with Gasteiger partial charge in [0.15, 0.2) is 12.6 Å². The topological polar surface area (TPSA) is 87.0 Å². The smallest absolute Gasteiger partial charge is 0.348 e. The first kappa shape index (κ1) is 21.5. The van der Waals surface area contributed by atoms with E-state index in [0.717, 1.165) is 5.56 Å². The number of nitriles is 1. The summed E-state index contributed by atoms with van der Waals surface area (Å²) < 4.78 is 28.4. The van der Waals surface area contributed by atoms with Crippen LogP contribution in [0.15, 0.2) is 35.9 Å². The molecule has 2 aliphatic heterocycles. The quantitative estimate of drug-likeness (QED) is 0.426. The molecule has 0 atom stereocenters. The molecule has 0 bridgehead atoms. The number of carbonyl (C=O) groups is 1. The fourth-order valence-electron chi connectivity index (χ4n) is 3.14. The monoisotopic (exact) mass is 401 g/mol. The molecule has 1 aromatic carbocycles. The molecule has 0 amide bonds. The summed E-state index contributed by atoms with van der Waals surface area (Å²) in [5.74, 6) is -0.667. The van der Waals surface area contributed by atoms with E-state index in [1.54, 1.807) is 0 Å². The van der Waals surface area contributed by atoms with Crippen LogP contribution in [0.4, 0.5) is 0 Å². The van der Waals surface area contributed by atoms with E-state index in [9.17, 15) is 10.1 Å². The van der Waals surface area contributed by atoms with E-state index in [1.807, 2.05) is 57.2 Å². The highest BCUT2D eigenvalue weighted by Gasteiger charge is 2.45. The Hall–Kier alpha value is -2.24. The van der Waals surface area contributed by atoms with Gasteiger partial charge in [0.25, 0.3) is 0 Å². The third kappa shape index (κ3) is 5.43. The maximum atomic E-state index is 12.4. The summed E-state index contributed by atoms with van der Waals surface area (Å²) in [4.78, 5) is 12.4. The van der Waals surface area contributed by atoms with Crippen molar-refractivity contribution < 1.29 is 28.5 Å². The van der Waals surface area contributed by atoms with Gasteiger partial charge in [0.05, 0.1) is 31.8 Å². The van der Waals surface area contributed by atoms with Crippen LogP contribution in [0.1, 0.15) is 26.3 Å². The number of hydrogen-bond donors (Lipinski definition) is 0. The Morgan fingerprint density at radius 1 is 1.17 bits per heavy atom. The van der Waals surface area contributed by atoms with E-state index in [-0.39, 0.29) is 23.9 Å². The van der Waals surface area contributed by atoms with Gasteiger partial charge in [-0.15, -0.1) is 0 Å². The van der Waals surface area contributed by atoms with E-state index < -0.39 is 17.7 Å². The minimum atomic E-state index is -0.667. The van der Waals surface area contributed by atoms with Crippen LogP contribution in [0.2, 0.25) is 0 Å². The molecule has 0 saturated carbocycles. The van der Waals surface area contributed by atoms with Gasteiger partial charge in [-0.2, -0.15) is 5.26 Å². The molecule has 156 valence electrons. The lowest BCUT2D eigenvalue weighted by Gasteiger charge is -2.46. The molecule has 7 nitrogen and oxygen atoms in total. The summed E-state index contributed by atoms with van der Waals surface area (Å²) in [5, 5.41) is 9.30. The third-order valence-corrected chi connectivity index (χ3v) is 4.99. The fraction of sp³-hybridized carbons (Fsp3) is 0.545. The molecular weight excluding hydrogens is 374 g/mol. The highest BCUT2D eigenvalue weighted by atomic mass is 16.7. The Morgan fingerprint density at radius 2 is 1.76 bits per heavy atom. The van der Waals surface area contributed by atoms with Gasteiger partial charge in [0.2, 0.25) is 0 Å². The van der Waals surface area contributed by atoms with E-state index in [0.29, 0.717) is 26.4 Å². The average Bonchev–Trinajstić information content (AvgIpc) is 2.74. The molecule has 3 rings (SSSR count). The SMILES string of the molecule is CC1OCC2(CO1)COC(C(C)(C)COC(=O)/C(C#N)=C\c1ccccc1)OC2. The maximum absolute atomic E-state index is 12.4. The van der Waals surface area contributed by atoms with Gasteiger partial charge in [0.1, 0.15) is 18.2 Å². The van der Waals surface area contributed by atoms with Crippen LogP contribution >= 0.6 is 0 Å². The molecule has 0 N–H and O–H groups in total. The van der Waals surface area contributed by atoms with Crippen LogP contribution in [0, 0.1) is 22.2 Å². The Balaban J connectivity index is 1.54. The number of rotatable bonds is 5. The average molecular weight is 401 g/mol. The second kappa shape index (κ2) is 9.06. The van der Waals surface area contributed by atoms with E-state index in [2.05, 4.69) is 0 Å². The highest BCUT2D eigenvalue weighted by Crippen LogP contribution is 2.35. The highest BCUT2D eigenvalue weighted by molar-refractivity contribution is 5.97. The Bertz CT molecular complexity index is 764. The largest absolute Gasteiger partial charge is 0.461 e. The van der Waals surface area contributed by atoms with Crippen molar-refractivity contribution in [1.29, 1.82) is 5.26 Å². The molecule has 0 unspecified atom stereocenters. The fourth-order valence-corrected chi connectivity index (χ4v) is 3.14. The molecule has 0 aliphatic carbocycles. The Labute approximate surface area is 171 Å². The van der Waals surface area contributed by atoms with Gasteiger partial charge in [-0.3, -0.25) is 0 Å². The summed E-state index contributed by atoms with van der Waals surface area (Å²) in [6.45, 7) is 7.63. The second-order valence-corrected chi connectivity index (χ2v) is 8.29. The maximum Gasteiger partial charge on any atom is 0.348 e. The normalized spacial score (nSPS) is 28.0. The molecular formula is C22H27NO6. The van der Waals surface area contributed by atoms with Gasteiger partial charge >= 0.3 is 5.97 Å². The van der Waals surface area contributed by atoms with Crippen molar-refractivity contribution >= 4 is 12.0 Å². The molecule has 2 heterocycles. The third-order valence-electron chi connectivity index (χ3n) is 4.99. The van der Waals surface area contributed by atoms with Crippen LogP contribution in [-0.2, 0) is 28.5 Å². The lowest BCUT2D eigenvalue weighted by molar-refractivity contribution is -0.320. The predicted octanol–water partition coefficient (Wildman–Crippen LogP) is 2.92. The number of carbonyl (C=O) groups excluding carboxylic acids is 1. The first-order valence-electron chi connectivity index (χ1n) is 9.64. The number of nitrogens with zero attached hydrogens (tertiary/aromatic N) is 1. The molecule has 0 radical (unpaired) electrons. The van der Waals surface area contributed by atoms with Crippen LogP contribution in [-0.4, -0.2) is 51.6 Å². The first-order valence-corrected chi connectivity index (χ1v) is 9.64. The van der Waals surface area contributed by atoms with E-state index in [1.165, 1.54) is 6.08 Å². The molecule has 2 fully saturated rings. The van der Waals surface area contributed by atoms with E-state index >= 15 is 0 Å². The van der Waals surface area contributed by atoms with Crippen molar-refractivity contribution in [2.45, 2.75) is 33.4 Å². The molecule has 1 aromatic rings. The lowest BCUT2D eigenvalue weighted by atomic mass is 9.88. The van der Waals surface area contributed by atoms with Gasteiger partial charge in [-0.25, -0.2) is 4.79 Å². The van der Waals surface area contributed by atoms with Crippen molar-refractivity contribution in [1.82, 2.24) is 0 Å². The second-order valence-electron chi connectivity index (χ2n) is 8.29. The minimum absolute atomic E-state index is 0.0537. The standard InChI is InChI=1S/C22H27NO6/c1-16-25-12-22(13-26-16)14-28-20(29-15-22)21(2,3)11-27-19(24)18(10-23)9-17-7-5-4-6-8-17/h4-9,16,20H,11-15H2,1-3H3/b18-9-. The molecule has 1 spiro atoms. The Kier molecular flexibility index (Phi) is 6.70. The molecule has 2 aliphatic rings. The molecule has 7 heteroatoms. The summed E-state index contributed by atoms with van der Waals surface area (Å²) >= 11 is 0. The minimum Gasteiger partial charge on any atom is -0.461 e. The van der Waals surface area contributed by atoms with Crippen molar-refractivity contribution in [3.05, 3.63) is 41.5 Å². The predicted molar refractivity (Wildman–Crippen MR) is 104 cm³/mol. The summed E-state index contributed by atoms with van der Waals surface area (Å²) in [7, 11) is 0. The summed E-state index contributed by atoms with van der Waals surface area (Å²) in [6.07, 6.45) is 0.757.